The summed E-state index contributed by atoms with van der Waals surface area (Å²) in [4.78, 5) is 29.6. The van der Waals surface area contributed by atoms with E-state index in [1.165, 1.54) is 17.7 Å². The molecule has 1 amide bonds. The molecular weight excluding hydrogens is 354 g/mol. The summed E-state index contributed by atoms with van der Waals surface area (Å²) in [7, 11) is 3.45. The van der Waals surface area contributed by atoms with Gasteiger partial charge in [0.25, 0.3) is 5.91 Å². The Morgan fingerprint density at radius 1 is 1.25 bits per heavy atom. The van der Waals surface area contributed by atoms with E-state index in [-0.39, 0.29) is 11.7 Å². The predicted octanol–water partition coefficient (Wildman–Crippen LogP) is 1.70. The maximum absolute atomic E-state index is 12.3. The molecule has 2 aromatic heterocycles. The lowest BCUT2D eigenvalue weighted by Gasteiger charge is -2.22. The Labute approximate surface area is 166 Å². The molecule has 2 aromatic rings. The van der Waals surface area contributed by atoms with E-state index in [1.54, 1.807) is 14.1 Å². The van der Waals surface area contributed by atoms with Crippen LogP contribution in [-0.4, -0.2) is 63.6 Å². The lowest BCUT2D eigenvalue weighted by Crippen LogP contribution is -2.33. The minimum atomic E-state index is -0.163. The fourth-order valence-electron chi connectivity index (χ4n) is 3.63. The summed E-state index contributed by atoms with van der Waals surface area (Å²) in [5.41, 5.74) is 3.00. The number of carbonyl (C=O) groups excluding carboxylic acids is 1. The van der Waals surface area contributed by atoms with Crippen LogP contribution in [-0.2, 0) is 6.54 Å². The monoisotopic (exact) mass is 383 g/mol. The third-order valence-electron chi connectivity index (χ3n) is 5.64. The first kappa shape index (κ1) is 18.9. The minimum absolute atomic E-state index is 0.163. The summed E-state index contributed by atoms with van der Waals surface area (Å²) in [5, 5.41) is 3.62. The third kappa shape index (κ3) is 3.87. The van der Waals surface area contributed by atoms with Gasteiger partial charge in [-0.1, -0.05) is 0 Å². The molecule has 2 fully saturated rings. The zero-order valence-corrected chi connectivity index (χ0v) is 17.1. The molecule has 0 radical (unpaired) electrons. The Morgan fingerprint density at radius 2 is 2.04 bits per heavy atom. The first-order valence-electron chi connectivity index (χ1n) is 10.00. The van der Waals surface area contributed by atoms with Gasteiger partial charge in [0.15, 0.2) is 0 Å². The van der Waals surface area contributed by atoms with Crippen molar-refractivity contribution >= 4 is 11.7 Å². The normalized spacial score (nSPS) is 19.3. The average Bonchev–Trinajstić information content (AvgIpc) is 3.23. The number of hydrogen-bond acceptors (Lipinski definition) is 6. The van der Waals surface area contributed by atoms with Crippen molar-refractivity contribution in [1.29, 1.82) is 0 Å². The highest BCUT2D eigenvalue weighted by Gasteiger charge is 2.27. The van der Waals surface area contributed by atoms with Gasteiger partial charge in [-0.3, -0.25) is 4.79 Å². The van der Waals surface area contributed by atoms with Gasteiger partial charge in [-0.2, -0.15) is 0 Å². The van der Waals surface area contributed by atoms with Gasteiger partial charge in [0, 0.05) is 63.3 Å². The molecule has 0 aromatic carbocycles. The Hall–Kier alpha value is -2.48. The van der Waals surface area contributed by atoms with E-state index >= 15 is 0 Å². The lowest BCUT2D eigenvalue weighted by atomic mass is 10.2. The quantitative estimate of drug-likeness (QED) is 0.818. The van der Waals surface area contributed by atoms with E-state index in [0.29, 0.717) is 12.1 Å². The maximum atomic E-state index is 12.3. The summed E-state index contributed by atoms with van der Waals surface area (Å²) in [6.45, 7) is 6.54. The van der Waals surface area contributed by atoms with Crippen molar-refractivity contribution in [2.45, 2.75) is 51.7 Å². The summed E-state index contributed by atoms with van der Waals surface area (Å²) >= 11 is 0. The number of aromatic nitrogens is 4. The second-order valence-corrected chi connectivity index (χ2v) is 8.14. The first-order chi connectivity index (χ1) is 13.4. The van der Waals surface area contributed by atoms with Crippen LogP contribution in [0.5, 0.6) is 0 Å². The molecule has 0 spiro atoms. The molecule has 1 saturated carbocycles. The number of imidazole rings is 1. The molecule has 8 nitrogen and oxygen atoms in total. The van der Waals surface area contributed by atoms with Crippen molar-refractivity contribution in [3.05, 3.63) is 35.3 Å². The van der Waals surface area contributed by atoms with E-state index in [0.717, 1.165) is 48.8 Å². The van der Waals surface area contributed by atoms with Gasteiger partial charge in [-0.25, -0.2) is 15.0 Å². The fraction of sp³-hybridized carbons (Fsp3) is 0.600. The van der Waals surface area contributed by atoms with E-state index in [1.807, 2.05) is 20.2 Å². The van der Waals surface area contributed by atoms with Gasteiger partial charge >= 0.3 is 0 Å². The first-order valence-corrected chi connectivity index (χ1v) is 10.00. The largest absolute Gasteiger partial charge is 0.355 e. The summed E-state index contributed by atoms with van der Waals surface area (Å²) < 4.78 is 2.23. The molecule has 1 aliphatic carbocycles. The number of nitrogens with zero attached hydrogens (tertiary/aromatic N) is 6. The van der Waals surface area contributed by atoms with E-state index in [4.69, 9.17) is 0 Å². The zero-order valence-electron chi connectivity index (χ0n) is 17.1. The Kier molecular flexibility index (Phi) is 5.05. The summed E-state index contributed by atoms with van der Waals surface area (Å²) in [5.74, 6) is 0.981. The number of rotatable bonds is 6. The van der Waals surface area contributed by atoms with Crippen LogP contribution >= 0.6 is 0 Å². The highest BCUT2D eigenvalue weighted by atomic mass is 16.2. The molecule has 2 aliphatic rings. The molecule has 4 rings (SSSR count). The standard InChI is InChI=1S/C20H29N7O/c1-13-14(2)23-18(20(28)25(3)4)24-19(13)26-8-7-15(10-26)21-9-16-11-27(12-22-16)17-5-6-17/h11-12,15,17,21H,5-10H2,1-4H3/t15-/m1/s1. The van der Waals surface area contributed by atoms with Gasteiger partial charge in [0.2, 0.25) is 5.82 Å². The number of aryl methyl sites for hydroxylation is 1. The van der Waals surface area contributed by atoms with E-state index in [2.05, 4.69) is 35.9 Å². The number of carbonyl (C=O) groups is 1. The van der Waals surface area contributed by atoms with Crippen LogP contribution < -0.4 is 10.2 Å². The van der Waals surface area contributed by atoms with Gasteiger partial charge in [-0.15, -0.1) is 0 Å². The van der Waals surface area contributed by atoms with Crippen molar-refractivity contribution in [2.24, 2.45) is 0 Å². The van der Waals surface area contributed by atoms with E-state index < -0.39 is 0 Å². The van der Waals surface area contributed by atoms with Crippen LogP contribution in [0.2, 0.25) is 0 Å². The molecule has 1 aliphatic heterocycles. The third-order valence-corrected chi connectivity index (χ3v) is 5.64. The fourth-order valence-corrected chi connectivity index (χ4v) is 3.63. The van der Waals surface area contributed by atoms with Crippen molar-refractivity contribution in [1.82, 2.24) is 29.7 Å². The minimum Gasteiger partial charge on any atom is -0.355 e. The molecule has 1 saturated heterocycles. The van der Waals surface area contributed by atoms with E-state index in [9.17, 15) is 4.79 Å². The summed E-state index contributed by atoms with van der Waals surface area (Å²) in [6, 6.07) is 1.06. The van der Waals surface area contributed by atoms with Crippen molar-refractivity contribution in [3.63, 3.8) is 0 Å². The SMILES string of the molecule is Cc1nc(C(=O)N(C)C)nc(N2CC[C@@H](NCc3cn(C4CC4)cn3)C2)c1C. The van der Waals surface area contributed by atoms with Crippen LogP contribution in [0.15, 0.2) is 12.5 Å². The number of hydrogen-bond donors (Lipinski definition) is 1. The molecular formula is C20H29N7O. The van der Waals surface area contributed by atoms with Crippen molar-refractivity contribution < 1.29 is 4.79 Å². The average molecular weight is 384 g/mol. The molecule has 1 atom stereocenters. The Bertz CT molecular complexity index is 871. The molecule has 0 unspecified atom stereocenters. The molecule has 0 bridgehead atoms. The van der Waals surface area contributed by atoms with Crippen LogP contribution in [0.3, 0.4) is 0 Å². The molecule has 150 valence electrons. The zero-order chi connectivity index (χ0) is 19.8. The Morgan fingerprint density at radius 3 is 2.75 bits per heavy atom. The van der Waals surface area contributed by atoms with Gasteiger partial charge < -0.3 is 19.7 Å². The predicted molar refractivity (Wildman–Crippen MR) is 107 cm³/mol. The van der Waals surface area contributed by atoms with Crippen LogP contribution in [0.25, 0.3) is 0 Å². The van der Waals surface area contributed by atoms with Crippen molar-refractivity contribution in [3.8, 4) is 0 Å². The highest BCUT2D eigenvalue weighted by molar-refractivity contribution is 5.90. The second-order valence-electron chi connectivity index (χ2n) is 8.14. The van der Waals surface area contributed by atoms with Crippen LogP contribution in [0.1, 0.15) is 52.9 Å². The maximum Gasteiger partial charge on any atom is 0.291 e. The van der Waals surface area contributed by atoms with Crippen molar-refractivity contribution in [2.75, 3.05) is 32.1 Å². The highest BCUT2D eigenvalue weighted by Crippen LogP contribution is 2.34. The smallest absolute Gasteiger partial charge is 0.291 e. The number of nitrogens with one attached hydrogen (secondary N) is 1. The molecule has 3 heterocycles. The van der Waals surface area contributed by atoms with Gasteiger partial charge in [0.05, 0.1) is 12.0 Å². The number of amides is 1. The molecule has 1 N–H and O–H groups in total. The van der Waals surface area contributed by atoms with Gasteiger partial charge in [-0.05, 0) is 33.1 Å². The lowest BCUT2D eigenvalue weighted by molar-refractivity contribution is 0.0815. The topological polar surface area (TPSA) is 79.2 Å². The van der Waals surface area contributed by atoms with Crippen LogP contribution in [0.4, 0.5) is 5.82 Å². The second kappa shape index (κ2) is 7.50. The van der Waals surface area contributed by atoms with Crippen LogP contribution in [0, 0.1) is 13.8 Å². The number of anilines is 1. The Balaban J connectivity index is 1.40. The summed E-state index contributed by atoms with van der Waals surface area (Å²) in [6.07, 6.45) is 7.71. The van der Waals surface area contributed by atoms with Gasteiger partial charge in [0.1, 0.15) is 5.82 Å². The molecule has 8 heteroatoms. The molecule has 28 heavy (non-hydrogen) atoms.